The van der Waals surface area contributed by atoms with Crippen molar-refractivity contribution >= 4 is 23.3 Å². The molecular weight excluding hydrogens is 372 g/mol. The summed E-state index contributed by atoms with van der Waals surface area (Å²) in [5.41, 5.74) is 3.96. The van der Waals surface area contributed by atoms with Gasteiger partial charge in [0.15, 0.2) is 13.2 Å². The number of hydrogen-bond donors (Lipinski definition) is 1. The number of rotatable bonds is 7. The molecule has 0 unspecified atom stereocenters. The minimum absolute atomic E-state index is 0.246. The summed E-state index contributed by atoms with van der Waals surface area (Å²) in [5.74, 6) is -0.403. The highest BCUT2D eigenvalue weighted by Crippen LogP contribution is 2.19. The van der Waals surface area contributed by atoms with Crippen LogP contribution in [-0.2, 0) is 19.1 Å². The molecule has 1 fully saturated rings. The van der Waals surface area contributed by atoms with E-state index in [1.807, 2.05) is 50.2 Å². The van der Waals surface area contributed by atoms with Crippen molar-refractivity contribution in [2.75, 3.05) is 49.7 Å². The predicted molar refractivity (Wildman–Crippen MR) is 110 cm³/mol. The van der Waals surface area contributed by atoms with Crippen LogP contribution >= 0.6 is 0 Å². The first kappa shape index (κ1) is 20.7. The summed E-state index contributed by atoms with van der Waals surface area (Å²) in [6.45, 7) is 6.51. The van der Waals surface area contributed by atoms with Crippen LogP contribution in [0.5, 0.6) is 5.75 Å². The Hall–Kier alpha value is -3.06. The van der Waals surface area contributed by atoms with Crippen LogP contribution in [0.2, 0.25) is 0 Å². The number of aryl methyl sites for hydroxylation is 2. The number of hydrogen-bond acceptors (Lipinski definition) is 6. The van der Waals surface area contributed by atoms with Crippen molar-refractivity contribution in [1.29, 1.82) is 0 Å². The standard InChI is InChI=1S/C22H26N2O5/c1-16-3-8-20(13-17(16)2)28-15-22(26)29-14-21(25)23-18-4-6-19(7-5-18)24-9-11-27-12-10-24/h3-8,13H,9-12,14-15H2,1-2H3,(H,23,25). The van der Waals surface area contributed by atoms with Crippen LogP contribution in [0.3, 0.4) is 0 Å². The van der Waals surface area contributed by atoms with Crippen LogP contribution in [-0.4, -0.2) is 51.4 Å². The fourth-order valence-corrected chi connectivity index (χ4v) is 2.91. The molecule has 1 saturated heterocycles. The number of morpholine rings is 1. The fourth-order valence-electron chi connectivity index (χ4n) is 2.91. The normalized spacial score (nSPS) is 13.7. The molecule has 0 atom stereocenters. The van der Waals surface area contributed by atoms with Gasteiger partial charge in [0.1, 0.15) is 5.75 Å². The van der Waals surface area contributed by atoms with E-state index >= 15 is 0 Å². The molecule has 0 aromatic heterocycles. The highest BCUT2D eigenvalue weighted by molar-refractivity contribution is 5.93. The van der Waals surface area contributed by atoms with Crippen molar-refractivity contribution in [3.8, 4) is 5.75 Å². The van der Waals surface area contributed by atoms with Crippen molar-refractivity contribution < 1.29 is 23.8 Å². The largest absolute Gasteiger partial charge is 0.482 e. The molecule has 7 heteroatoms. The van der Waals surface area contributed by atoms with Gasteiger partial charge in [0.05, 0.1) is 13.2 Å². The second kappa shape index (κ2) is 9.93. The van der Waals surface area contributed by atoms with Crippen molar-refractivity contribution in [2.45, 2.75) is 13.8 Å². The van der Waals surface area contributed by atoms with E-state index in [4.69, 9.17) is 14.2 Å². The third-order valence-electron chi connectivity index (χ3n) is 4.73. The monoisotopic (exact) mass is 398 g/mol. The van der Waals surface area contributed by atoms with Gasteiger partial charge >= 0.3 is 5.97 Å². The fraction of sp³-hybridized carbons (Fsp3) is 0.364. The molecule has 0 saturated carbocycles. The lowest BCUT2D eigenvalue weighted by Gasteiger charge is -2.28. The SMILES string of the molecule is Cc1ccc(OCC(=O)OCC(=O)Nc2ccc(N3CCOCC3)cc2)cc1C. The molecule has 1 N–H and O–H groups in total. The second-order valence-electron chi connectivity index (χ2n) is 6.89. The van der Waals surface area contributed by atoms with Gasteiger partial charge in [0.25, 0.3) is 5.91 Å². The van der Waals surface area contributed by atoms with Gasteiger partial charge in [-0.1, -0.05) is 6.07 Å². The number of benzene rings is 2. The molecule has 0 spiro atoms. The number of carbonyl (C=O) groups is 2. The van der Waals surface area contributed by atoms with Gasteiger partial charge in [-0.25, -0.2) is 4.79 Å². The maximum absolute atomic E-state index is 12.0. The quantitative estimate of drug-likeness (QED) is 0.723. The zero-order chi connectivity index (χ0) is 20.6. The molecule has 1 heterocycles. The van der Waals surface area contributed by atoms with Crippen molar-refractivity contribution in [3.63, 3.8) is 0 Å². The van der Waals surface area contributed by atoms with Crippen molar-refractivity contribution in [3.05, 3.63) is 53.6 Å². The number of carbonyl (C=O) groups excluding carboxylic acids is 2. The van der Waals surface area contributed by atoms with E-state index < -0.39 is 11.9 Å². The third-order valence-corrected chi connectivity index (χ3v) is 4.73. The molecule has 0 aliphatic carbocycles. The van der Waals surface area contributed by atoms with Gasteiger partial charge in [-0.15, -0.1) is 0 Å². The lowest BCUT2D eigenvalue weighted by molar-refractivity contribution is -0.149. The summed E-state index contributed by atoms with van der Waals surface area (Å²) in [4.78, 5) is 26.0. The summed E-state index contributed by atoms with van der Waals surface area (Å²) in [6, 6.07) is 13.1. The molecule has 29 heavy (non-hydrogen) atoms. The third kappa shape index (κ3) is 6.22. The van der Waals surface area contributed by atoms with Crippen molar-refractivity contribution in [1.82, 2.24) is 0 Å². The lowest BCUT2D eigenvalue weighted by atomic mass is 10.1. The molecule has 0 radical (unpaired) electrons. The van der Waals surface area contributed by atoms with Crippen molar-refractivity contribution in [2.24, 2.45) is 0 Å². The smallest absolute Gasteiger partial charge is 0.344 e. The summed E-state index contributed by atoms with van der Waals surface area (Å²) < 4.78 is 15.7. The van der Waals surface area contributed by atoms with Crippen LogP contribution < -0.4 is 15.0 Å². The Kier molecular flexibility index (Phi) is 7.08. The van der Waals surface area contributed by atoms with E-state index in [1.165, 1.54) is 0 Å². The van der Waals surface area contributed by atoms with Gasteiger partial charge in [-0.2, -0.15) is 0 Å². The summed E-state index contributed by atoms with van der Waals surface area (Å²) in [5, 5.41) is 2.71. The number of anilines is 2. The minimum atomic E-state index is -0.596. The van der Waals surface area contributed by atoms with E-state index in [0.29, 0.717) is 11.4 Å². The molecular formula is C22H26N2O5. The highest BCUT2D eigenvalue weighted by Gasteiger charge is 2.12. The minimum Gasteiger partial charge on any atom is -0.482 e. The summed E-state index contributed by atoms with van der Waals surface area (Å²) in [6.07, 6.45) is 0. The van der Waals surface area contributed by atoms with Crippen LogP contribution in [0.1, 0.15) is 11.1 Å². The maximum Gasteiger partial charge on any atom is 0.344 e. The molecule has 154 valence electrons. The van der Waals surface area contributed by atoms with E-state index in [1.54, 1.807) is 6.07 Å². The number of esters is 1. The first-order chi connectivity index (χ1) is 14.0. The van der Waals surface area contributed by atoms with Crippen LogP contribution in [0, 0.1) is 13.8 Å². The van der Waals surface area contributed by atoms with Gasteiger partial charge < -0.3 is 24.4 Å². The van der Waals surface area contributed by atoms with Gasteiger partial charge in [-0.3, -0.25) is 4.79 Å². The lowest BCUT2D eigenvalue weighted by Crippen LogP contribution is -2.36. The Morgan fingerprint density at radius 1 is 1.00 bits per heavy atom. The first-order valence-corrected chi connectivity index (χ1v) is 9.59. The Morgan fingerprint density at radius 2 is 1.72 bits per heavy atom. The van der Waals surface area contributed by atoms with Gasteiger partial charge in [0.2, 0.25) is 0 Å². The topological polar surface area (TPSA) is 77.1 Å². The van der Waals surface area contributed by atoms with Gasteiger partial charge in [-0.05, 0) is 61.4 Å². The molecule has 1 aliphatic rings. The Morgan fingerprint density at radius 3 is 2.41 bits per heavy atom. The molecule has 3 rings (SSSR count). The molecule has 1 aliphatic heterocycles. The summed E-state index contributed by atoms with van der Waals surface area (Å²) in [7, 11) is 0. The maximum atomic E-state index is 12.0. The molecule has 1 amide bonds. The van der Waals surface area contributed by atoms with E-state index in [0.717, 1.165) is 43.1 Å². The number of nitrogens with zero attached hydrogens (tertiary/aromatic N) is 1. The second-order valence-corrected chi connectivity index (χ2v) is 6.89. The van der Waals surface area contributed by atoms with Crippen LogP contribution in [0.25, 0.3) is 0 Å². The zero-order valence-corrected chi connectivity index (χ0v) is 16.8. The van der Waals surface area contributed by atoms with E-state index in [9.17, 15) is 9.59 Å². The van der Waals surface area contributed by atoms with E-state index in [2.05, 4.69) is 10.2 Å². The molecule has 7 nitrogen and oxygen atoms in total. The van der Waals surface area contributed by atoms with Crippen LogP contribution in [0.4, 0.5) is 11.4 Å². The van der Waals surface area contributed by atoms with Gasteiger partial charge in [0, 0.05) is 24.5 Å². The average Bonchev–Trinajstić information content (AvgIpc) is 2.74. The number of ether oxygens (including phenoxy) is 3. The average molecular weight is 398 g/mol. The Labute approximate surface area is 170 Å². The summed E-state index contributed by atoms with van der Waals surface area (Å²) >= 11 is 0. The first-order valence-electron chi connectivity index (χ1n) is 9.59. The molecule has 2 aromatic carbocycles. The molecule has 0 bridgehead atoms. The zero-order valence-electron chi connectivity index (χ0n) is 16.8. The van der Waals surface area contributed by atoms with E-state index in [-0.39, 0.29) is 13.2 Å². The predicted octanol–water partition coefficient (Wildman–Crippen LogP) is 2.70. The number of amides is 1. The Bertz CT molecular complexity index is 845. The van der Waals surface area contributed by atoms with Crippen LogP contribution in [0.15, 0.2) is 42.5 Å². The number of nitrogens with one attached hydrogen (secondary N) is 1. The highest BCUT2D eigenvalue weighted by atomic mass is 16.6. The molecule has 2 aromatic rings. The Balaban J connectivity index is 1.39.